The summed E-state index contributed by atoms with van der Waals surface area (Å²) in [6, 6.07) is 17.5. The zero-order chi connectivity index (χ0) is 23.4. The summed E-state index contributed by atoms with van der Waals surface area (Å²) in [7, 11) is 0. The van der Waals surface area contributed by atoms with E-state index in [4.69, 9.17) is 5.73 Å². The van der Waals surface area contributed by atoms with Crippen molar-refractivity contribution in [2.45, 2.75) is 58.0 Å². The molecule has 0 unspecified atom stereocenters. The number of nitrogen functional groups attached to an aromatic ring is 1. The van der Waals surface area contributed by atoms with Gasteiger partial charge in [-0.15, -0.1) is 0 Å². The molecule has 0 bridgehead atoms. The predicted octanol–water partition coefficient (Wildman–Crippen LogP) is 3.57. The molecule has 0 aliphatic heterocycles. The molecule has 4 rings (SSSR count). The third-order valence-electron chi connectivity index (χ3n) is 6.34. The zero-order valence-corrected chi connectivity index (χ0v) is 18.9. The maximum atomic E-state index is 14.0. The molecule has 0 fully saturated rings. The van der Waals surface area contributed by atoms with Crippen molar-refractivity contribution in [3.8, 4) is 0 Å². The van der Waals surface area contributed by atoms with Crippen molar-refractivity contribution in [2.75, 3.05) is 10.6 Å². The monoisotopic (exact) mass is 446 g/mol. The lowest BCUT2D eigenvalue weighted by molar-refractivity contribution is -0.120. The zero-order valence-electron chi connectivity index (χ0n) is 18.9. The second-order valence-corrected chi connectivity index (χ2v) is 8.55. The van der Waals surface area contributed by atoms with Crippen molar-refractivity contribution in [1.29, 1.82) is 0 Å². The lowest BCUT2D eigenvalue weighted by Crippen LogP contribution is -2.43. The number of H-pyrrole nitrogens is 1. The van der Waals surface area contributed by atoms with Gasteiger partial charge >= 0.3 is 5.69 Å². The Balaban J connectivity index is 1.83. The largest absolute Gasteiger partial charge is 0.383 e. The van der Waals surface area contributed by atoms with Gasteiger partial charge in [0, 0.05) is 6.54 Å². The average Bonchev–Trinajstić information content (AvgIpc) is 2.83. The fraction of sp³-hybridized carbons (Fsp3) is 0.346. The molecular weight excluding hydrogens is 416 g/mol. The Morgan fingerprint density at radius 3 is 2.61 bits per heavy atom. The molecule has 7 nitrogen and oxygen atoms in total. The molecule has 1 aromatic heterocycles. The minimum Gasteiger partial charge on any atom is -0.383 e. The number of unbranched alkanes of at least 4 members (excludes halogenated alkanes) is 1. The van der Waals surface area contributed by atoms with Crippen LogP contribution in [-0.4, -0.2) is 15.5 Å². The molecular formula is C26H30N4O3. The van der Waals surface area contributed by atoms with E-state index in [9.17, 15) is 14.4 Å². The second kappa shape index (κ2) is 9.90. The van der Waals surface area contributed by atoms with E-state index in [1.165, 1.54) is 9.47 Å². The first-order chi connectivity index (χ1) is 16.0. The summed E-state index contributed by atoms with van der Waals surface area (Å²) in [6.07, 6.45) is 4.14. The van der Waals surface area contributed by atoms with Crippen LogP contribution in [0.4, 0.5) is 11.5 Å². The Labute approximate surface area is 192 Å². The van der Waals surface area contributed by atoms with Crippen molar-refractivity contribution in [1.82, 2.24) is 9.55 Å². The lowest BCUT2D eigenvalue weighted by atomic mass is 9.82. The van der Waals surface area contributed by atoms with Crippen molar-refractivity contribution in [3.63, 3.8) is 0 Å². The summed E-state index contributed by atoms with van der Waals surface area (Å²) in [5.74, 6) is -0.511. The molecule has 0 saturated heterocycles. The van der Waals surface area contributed by atoms with Crippen molar-refractivity contribution in [2.24, 2.45) is 0 Å². The first-order valence-corrected chi connectivity index (χ1v) is 11.6. The molecule has 1 atom stereocenters. The van der Waals surface area contributed by atoms with E-state index in [-0.39, 0.29) is 29.9 Å². The predicted molar refractivity (Wildman–Crippen MR) is 130 cm³/mol. The van der Waals surface area contributed by atoms with E-state index < -0.39 is 11.2 Å². The fourth-order valence-electron chi connectivity index (χ4n) is 4.61. The third-order valence-corrected chi connectivity index (χ3v) is 6.34. The van der Waals surface area contributed by atoms with E-state index in [1.807, 2.05) is 55.5 Å². The van der Waals surface area contributed by atoms with E-state index >= 15 is 0 Å². The van der Waals surface area contributed by atoms with Gasteiger partial charge in [0.2, 0.25) is 5.91 Å². The molecule has 0 spiro atoms. The minimum atomic E-state index is -0.640. The van der Waals surface area contributed by atoms with Gasteiger partial charge in [-0.25, -0.2) is 4.79 Å². The van der Waals surface area contributed by atoms with Gasteiger partial charge in [0.1, 0.15) is 5.82 Å². The highest BCUT2D eigenvalue weighted by atomic mass is 16.2. The first kappa shape index (κ1) is 22.6. The van der Waals surface area contributed by atoms with Crippen LogP contribution in [0, 0.1) is 0 Å². The van der Waals surface area contributed by atoms with Gasteiger partial charge in [-0.1, -0.05) is 67.9 Å². The van der Waals surface area contributed by atoms with Gasteiger partial charge in [0.05, 0.1) is 12.5 Å². The molecule has 0 radical (unpaired) electrons. The van der Waals surface area contributed by atoms with Gasteiger partial charge in [0.15, 0.2) is 5.69 Å². The van der Waals surface area contributed by atoms with Crippen LogP contribution in [-0.2, 0) is 24.3 Å². The molecule has 3 N–H and O–H groups in total. The highest BCUT2D eigenvalue weighted by molar-refractivity contribution is 6.00. The van der Waals surface area contributed by atoms with Gasteiger partial charge < -0.3 is 5.73 Å². The smallest absolute Gasteiger partial charge is 0.330 e. The Hall–Kier alpha value is -3.61. The molecule has 172 valence electrons. The van der Waals surface area contributed by atoms with Gasteiger partial charge in [-0.2, -0.15) is 0 Å². The van der Waals surface area contributed by atoms with Crippen molar-refractivity contribution >= 4 is 17.4 Å². The number of rotatable bonds is 7. The Morgan fingerprint density at radius 1 is 1.12 bits per heavy atom. The number of anilines is 2. The number of hydrogen-bond donors (Lipinski definition) is 2. The number of hydrogen-bond acceptors (Lipinski definition) is 4. The number of aromatic amines is 1. The number of aryl methyl sites for hydroxylation is 1. The number of carbonyl (C=O) groups excluding carboxylic acids is 1. The molecule has 1 heterocycles. The quantitative estimate of drug-likeness (QED) is 0.579. The van der Waals surface area contributed by atoms with Gasteiger partial charge in [0.25, 0.3) is 5.56 Å². The van der Waals surface area contributed by atoms with Crippen molar-refractivity contribution in [3.05, 3.63) is 92.1 Å². The van der Waals surface area contributed by atoms with Crippen LogP contribution >= 0.6 is 0 Å². The van der Waals surface area contributed by atoms with E-state index in [0.717, 1.165) is 42.4 Å². The molecule has 2 aromatic carbocycles. The number of carbonyl (C=O) groups is 1. The minimum absolute atomic E-state index is 0.0329. The van der Waals surface area contributed by atoms with E-state index in [2.05, 4.69) is 11.1 Å². The molecule has 0 saturated carbocycles. The maximum Gasteiger partial charge on any atom is 0.330 e. The topological polar surface area (TPSA) is 101 Å². The first-order valence-electron chi connectivity index (χ1n) is 11.6. The van der Waals surface area contributed by atoms with Gasteiger partial charge in [-0.05, 0) is 42.4 Å². The van der Waals surface area contributed by atoms with Crippen LogP contribution in [0.1, 0.15) is 55.2 Å². The average molecular weight is 447 g/mol. The van der Waals surface area contributed by atoms with Crippen LogP contribution in [0.2, 0.25) is 0 Å². The second-order valence-electron chi connectivity index (χ2n) is 8.55. The number of aromatic nitrogens is 2. The molecule has 1 amide bonds. The summed E-state index contributed by atoms with van der Waals surface area (Å²) in [6.45, 7) is 2.59. The maximum absolute atomic E-state index is 14.0. The molecule has 1 aliphatic rings. The summed E-state index contributed by atoms with van der Waals surface area (Å²) in [4.78, 5) is 43.3. The third kappa shape index (κ3) is 4.62. The number of fused-ring (bicyclic) bond motifs is 1. The van der Waals surface area contributed by atoms with Crippen molar-refractivity contribution < 1.29 is 4.79 Å². The number of nitrogens with two attached hydrogens (primary N) is 1. The number of nitrogens with zero attached hydrogens (tertiary/aromatic N) is 2. The van der Waals surface area contributed by atoms with Gasteiger partial charge in [-0.3, -0.25) is 24.0 Å². The molecule has 3 aromatic rings. The van der Waals surface area contributed by atoms with Crippen LogP contribution in [0.5, 0.6) is 0 Å². The van der Waals surface area contributed by atoms with Crippen LogP contribution < -0.4 is 21.9 Å². The number of nitrogens with one attached hydrogen (secondary N) is 1. The standard InChI is InChI=1S/C26H30N4O3/c1-2-3-16-29-23(27)22(24(31)28-26(29)33)30(17-18-10-5-4-6-11-18)25(32)21-15-9-13-19-12-7-8-14-20(19)21/h4-8,10-12,14,21H,2-3,9,13,15-17,27H2,1H3,(H,28,31,33)/t21-/m1/s1. The lowest BCUT2D eigenvalue weighted by Gasteiger charge is -2.31. The fourth-order valence-corrected chi connectivity index (χ4v) is 4.61. The number of amides is 1. The highest BCUT2D eigenvalue weighted by Gasteiger charge is 2.33. The summed E-state index contributed by atoms with van der Waals surface area (Å²) in [5.41, 5.74) is 8.28. The summed E-state index contributed by atoms with van der Waals surface area (Å²) in [5, 5.41) is 0. The Bertz CT molecular complexity index is 1250. The number of benzene rings is 2. The van der Waals surface area contributed by atoms with Crippen LogP contribution in [0.3, 0.4) is 0 Å². The highest BCUT2D eigenvalue weighted by Crippen LogP contribution is 2.35. The SMILES string of the molecule is CCCCn1c(N)c(N(Cc2ccccc2)C(=O)[C@@H]2CCCc3ccccc32)c(=O)[nH]c1=O. The molecule has 33 heavy (non-hydrogen) atoms. The van der Waals surface area contributed by atoms with E-state index in [1.54, 1.807) is 0 Å². The molecule has 1 aliphatic carbocycles. The molecule has 7 heteroatoms. The Kier molecular flexibility index (Phi) is 6.77. The summed E-state index contributed by atoms with van der Waals surface area (Å²) >= 11 is 0. The van der Waals surface area contributed by atoms with Crippen LogP contribution in [0.25, 0.3) is 0 Å². The summed E-state index contributed by atoms with van der Waals surface area (Å²) < 4.78 is 1.36. The normalized spacial score (nSPS) is 15.1. The Morgan fingerprint density at radius 2 is 1.85 bits per heavy atom. The van der Waals surface area contributed by atoms with Crippen LogP contribution in [0.15, 0.2) is 64.2 Å². The van der Waals surface area contributed by atoms with E-state index in [0.29, 0.717) is 13.0 Å².